The molecule has 2 rings (SSSR count). The molecule has 0 aromatic heterocycles. The minimum absolute atomic E-state index is 0.0759. The Kier molecular flexibility index (Phi) is 3.74. The Morgan fingerprint density at radius 2 is 2.37 bits per heavy atom. The van der Waals surface area contributed by atoms with Gasteiger partial charge in [-0.25, -0.2) is 0 Å². The maximum atomic E-state index is 10.7. The Bertz CT molecular complexity index is 536. The van der Waals surface area contributed by atoms with Crippen LogP contribution in [0.3, 0.4) is 0 Å². The Morgan fingerprint density at radius 3 is 3.00 bits per heavy atom. The van der Waals surface area contributed by atoms with E-state index in [4.69, 9.17) is 9.47 Å². The highest BCUT2D eigenvalue weighted by molar-refractivity contribution is 5.63. The minimum Gasteiger partial charge on any atom is -0.493 e. The van der Waals surface area contributed by atoms with Gasteiger partial charge in [0.15, 0.2) is 0 Å². The van der Waals surface area contributed by atoms with Crippen molar-refractivity contribution in [1.82, 2.24) is 0 Å². The molecule has 0 radical (unpaired) electrons. The summed E-state index contributed by atoms with van der Waals surface area (Å²) in [7, 11) is 0. The fourth-order valence-corrected chi connectivity index (χ4v) is 2.13. The molecule has 1 atom stereocenters. The molecule has 1 unspecified atom stereocenters. The molecular formula is C14H17NO4. The first-order valence-corrected chi connectivity index (χ1v) is 6.30. The topological polar surface area (TPSA) is 61.6 Å². The van der Waals surface area contributed by atoms with Crippen LogP contribution in [0.5, 0.6) is 11.5 Å². The molecule has 0 N–H and O–H groups in total. The summed E-state index contributed by atoms with van der Waals surface area (Å²) in [5, 5.41) is 10.7. The van der Waals surface area contributed by atoms with Gasteiger partial charge in [0.1, 0.15) is 17.6 Å². The molecule has 1 aliphatic rings. The summed E-state index contributed by atoms with van der Waals surface area (Å²) in [6.07, 6.45) is 2.49. The summed E-state index contributed by atoms with van der Waals surface area (Å²) in [6.45, 7) is 5.87. The van der Waals surface area contributed by atoms with Crippen LogP contribution >= 0.6 is 0 Å². The normalized spacial score (nSPS) is 17.8. The lowest BCUT2D eigenvalue weighted by molar-refractivity contribution is -0.422. The number of fused-ring (bicyclic) bond motifs is 1. The first-order chi connectivity index (χ1) is 9.01. The number of allylic oxidation sites excluding steroid dienone is 1. The zero-order valence-electron chi connectivity index (χ0n) is 11.3. The van der Waals surface area contributed by atoms with Gasteiger partial charge in [0.05, 0.1) is 11.5 Å². The number of nitro groups is 1. The lowest BCUT2D eigenvalue weighted by Crippen LogP contribution is -2.05. The van der Waals surface area contributed by atoms with Crippen LogP contribution in [-0.4, -0.2) is 17.6 Å². The molecule has 0 saturated heterocycles. The van der Waals surface area contributed by atoms with Crippen molar-refractivity contribution in [3.63, 3.8) is 0 Å². The third-order valence-electron chi connectivity index (χ3n) is 2.98. The largest absolute Gasteiger partial charge is 0.493 e. The van der Waals surface area contributed by atoms with Crippen molar-refractivity contribution in [2.75, 3.05) is 6.61 Å². The van der Waals surface area contributed by atoms with E-state index in [1.54, 1.807) is 0 Å². The predicted molar refractivity (Wildman–Crippen MR) is 72.1 cm³/mol. The SMILES string of the molecule is CCOc1cc2c(cc1C=C(C)[N+](=O)[O-])OC(C)C2. The summed E-state index contributed by atoms with van der Waals surface area (Å²) in [6, 6.07) is 3.73. The number of ether oxygens (including phenoxy) is 2. The van der Waals surface area contributed by atoms with Crippen LogP contribution in [0, 0.1) is 10.1 Å². The van der Waals surface area contributed by atoms with E-state index in [0.717, 1.165) is 17.7 Å². The van der Waals surface area contributed by atoms with Gasteiger partial charge in [-0.2, -0.15) is 0 Å². The Morgan fingerprint density at radius 1 is 1.63 bits per heavy atom. The van der Waals surface area contributed by atoms with Gasteiger partial charge in [-0.15, -0.1) is 0 Å². The number of hydrogen-bond acceptors (Lipinski definition) is 4. The van der Waals surface area contributed by atoms with Gasteiger partial charge in [0.2, 0.25) is 5.70 Å². The van der Waals surface area contributed by atoms with E-state index in [1.807, 2.05) is 26.0 Å². The molecule has 0 fully saturated rings. The highest BCUT2D eigenvalue weighted by Crippen LogP contribution is 2.36. The van der Waals surface area contributed by atoms with Gasteiger partial charge in [-0.05, 0) is 26.0 Å². The number of benzene rings is 1. The second-order valence-electron chi connectivity index (χ2n) is 4.61. The van der Waals surface area contributed by atoms with Crippen LogP contribution in [0.2, 0.25) is 0 Å². The maximum absolute atomic E-state index is 10.7. The Hall–Kier alpha value is -2.04. The van der Waals surface area contributed by atoms with E-state index in [9.17, 15) is 10.1 Å². The number of nitrogens with zero attached hydrogens (tertiary/aromatic N) is 1. The monoisotopic (exact) mass is 263 g/mol. The molecule has 102 valence electrons. The maximum Gasteiger partial charge on any atom is 0.243 e. The molecule has 0 saturated carbocycles. The average Bonchev–Trinajstić information content (AvgIpc) is 2.68. The molecule has 0 spiro atoms. The lowest BCUT2D eigenvalue weighted by Gasteiger charge is -2.09. The molecule has 0 aliphatic carbocycles. The second kappa shape index (κ2) is 5.30. The van der Waals surface area contributed by atoms with Crippen LogP contribution in [0.1, 0.15) is 31.9 Å². The third-order valence-corrected chi connectivity index (χ3v) is 2.98. The van der Waals surface area contributed by atoms with E-state index in [-0.39, 0.29) is 11.8 Å². The highest BCUT2D eigenvalue weighted by atomic mass is 16.6. The molecule has 1 heterocycles. The van der Waals surface area contributed by atoms with Gasteiger partial charge >= 0.3 is 0 Å². The molecular weight excluding hydrogens is 246 g/mol. The van der Waals surface area contributed by atoms with Crippen LogP contribution in [0.25, 0.3) is 6.08 Å². The van der Waals surface area contributed by atoms with Crippen molar-refractivity contribution in [3.8, 4) is 11.5 Å². The lowest BCUT2D eigenvalue weighted by atomic mass is 10.1. The van der Waals surface area contributed by atoms with Crippen LogP contribution in [0.15, 0.2) is 17.8 Å². The van der Waals surface area contributed by atoms with Crippen LogP contribution in [-0.2, 0) is 6.42 Å². The van der Waals surface area contributed by atoms with E-state index in [0.29, 0.717) is 17.9 Å². The minimum atomic E-state index is -0.410. The molecule has 1 aromatic rings. The molecule has 0 amide bonds. The molecule has 5 heteroatoms. The van der Waals surface area contributed by atoms with Crippen molar-refractivity contribution in [2.45, 2.75) is 33.3 Å². The molecule has 1 aromatic carbocycles. The van der Waals surface area contributed by atoms with Gasteiger partial charge in [0.25, 0.3) is 0 Å². The molecule has 5 nitrogen and oxygen atoms in total. The first-order valence-electron chi connectivity index (χ1n) is 6.30. The smallest absolute Gasteiger partial charge is 0.243 e. The fraction of sp³-hybridized carbons (Fsp3) is 0.429. The highest BCUT2D eigenvalue weighted by Gasteiger charge is 2.21. The molecule has 19 heavy (non-hydrogen) atoms. The van der Waals surface area contributed by atoms with E-state index >= 15 is 0 Å². The summed E-state index contributed by atoms with van der Waals surface area (Å²) in [4.78, 5) is 10.3. The van der Waals surface area contributed by atoms with Crippen molar-refractivity contribution in [3.05, 3.63) is 39.1 Å². The summed E-state index contributed by atoms with van der Waals surface area (Å²) < 4.78 is 11.2. The zero-order valence-corrected chi connectivity index (χ0v) is 11.3. The summed E-state index contributed by atoms with van der Waals surface area (Å²) in [5.41, 5.74) is 1.85. The number of rotatable bonds is 4. The van der Waals surface area contributed by atoms with E-state index in [1.165, 1.54) is 13.0 Å². The van der Waals surface area contributed by atoms with Gasteiger partial charge in [-0.3, -0.25) is 10.1 Å². The fourth-order valence-electron chi connectivity index (χ4n) is 2.13. The first kappa shape index (κ1) is 13.4. The average molecular weight is 263 g/mol. The number of hydrogen-bond donors (Lipinski definition) is 0. The van der Waals surface area contributed by atoms with Gasteiger partial charge in [-0.1, -0.05) is 0 Å². The quantitative estimate of drug-likeness (QED) is 0.618. The van der Waals surface area contributed by atoms with Gasteiger partial charge in [0, 0.05) is 30.5 Å². The van der Waals surface area contributed by atoms with Crippen molar-refractivity contribution < 1.29 is 14.4 Å². The van der Waals surface area contributed by atoms with E-state index in [2.05, 4.69) is 0 Å². The van der Waals surface area contributed by atoms with Gasteiger partial charge < -0.3 is 9.47 Å². The standard InChI is InChI=1S/C14H17NO4/c1-4-18-13-7-12-6-10(3)19-14(12)8-11(13)5-9(2)15(16)17/h5,7-8,10H,4,6H2,1-3H3. The van der Waals surface area contributed by atoms with Crippen LogP contribution < -0.4 is 9.47 Å². The Balaban J connectivity index is 2.44. The van der Waals surface area contributed by atoms with Crippen molar-refractivity contribution >= 4 is 6.08 Å². The molecule has 1 aliphatic heterocycles. The van der Waals surface area contributed by atoms with Crippen molar-refractivity contribution in [1.29, 1.82) is 0 Å². The van der Waals surface area contributed by atoms with Crippen LogP contribution in [0.4, 0.5) is 0 Å². The van der Waals surface area contributed by atoms with E-state index < -0.39 is 4.92 Å². The third kappa shape index (κ3) is 2.86. The second-order valence-corrected chi connectivity index (χ2v) is 4.61. The summed E-state index contributed by atoms with van der Waals surface area (Å²) >= 11 is 0. The Labute approximate surface area is 112 Å². The zero-order chi connectivity index (χ0) is 14.0. The summed E-state index contributed by atoms with van der Waals surface area (Å²) in [5.74, 6) is 1.46. The predicted octanol–water partition coefficient (Wildman–Crippen LogP) is 3.05. The van der Waals surface area contributed by atoms with Crippen molar-refractivity contribution in [2.24, 2.45) is 0 Å². The molecule has 0 bridgehead atoms.